The number of hydrogen-bond donors (Lipinski definition) is 2. The van der Waals surface area contributed by atoms with E-state index in [0.717, 1.165) is 18.7 Å². The molecule has 18 heavy (non-hydrogen) atoms. The second-order valence-electron chi connectivity index (χ2n) is 7.11. The molecule has 3 N–H and O–H groups in total. The first-order chi connectivity index (χ1) is 8.11. The highest BCUT2D eigenvalue weighted by Crippen LogP contribution is 2.27. The van der Waals surface area contributed by atoms with Crippen LogP contribution in [0.2, 0.25) is 0 Å². The summed E-state index contributed by atoms with van der Waals surface area (Å²) in [7, 11) is 0. The molecule has 0 aliphatic carbocycles. The number of nitrogens with one attached hydrogen (secondary N) is 1. The number of rotatable bonds is 4. The molecule has 0 spiro atoms. The Morgan fingerprint density at radius 2 is 1.72 bits per heavy atom. The van der Waals surface area contributed by atoms with Gasteiger partial charge in [0.2, 0.25) is 0 Å². The average Bonchev–Trinajstić information content (AvgIpc) is 2.17. The van der Waals surface area contributed by atoms with Crippen LogP contribution in [0.1, 0.15) is 52.2 Å². The van der Waals surface area contributed by atoms with E-state index in [9.17, 15) is 0 Å². The Bertz CT molecular complexity index is 400. The van der Waals surface area contributed by atoms with Crippen LogP contribution >= 0.6 is 0 Å². The monoisotopic (exact) mass is 248 g/mol. The van der Waals surface area contributed by atoms with Crippen molar-refractivity contribution >= 4 is 5.69 Å². The first-order valence-corrected chi connectivity index (χ1v) is 6.70. The van der Waals surface area contributed by atoms with E-state index in [2.05, 4.69) is 52.9 Å². The molecule has 2 heteroatoms. The van der Waals surface area contributed by atoms with Crippen LogP contribution in [-0.2, 0) is 6.54 Å². The van der Waals surface area contributed by atoms with E-state index in [1.165, 1.54) is 11.1 Å². The van der Waals surface area contributed by atoms with E-state index in [1.54, 1.807) is 0 Å². The minimum Gasteiger partial charge on any atom is -0.399 e. The minimum atomic E-state index is 0.134. The molecule has 0 amide bonds. The maximum absolute atomic E-state index is 5.93. The normalized spacial score (nSPS) is 12.8. The first-order valence-electron chi connectivity index (χ1n) is 6.70. The SMILES string of the molecule is Cc1c(N)cccc1CNC(C)(C)CC(C)(C)C. The zero-order valence-corrected chi connectivity index (χ0v) is 12.7. The van der Waals surface area contributed by atoms with Crippen LogP contribution in [0.4, 0.5) is 5.69 Å². The average molecular weight is 248 g/mol. The molecule has 1 aromatic carbocycles. The molecule has 0 aromatic heterocycles. The van der Waals surface area contributed by atoms with Gasteiger partial charge in [-0.25, -0.2) is 0 Å². The summed E-state index contributed by atoms with van der Waals surface area (Å²) in [5, 5.41) is 3.64. The number of anilines is 1. The van der Waals surface area contributed by atoms with Crippen LogP contribution < -0.4 is 11.1 Å². The van der Waals surface area contributed by atoms with Crippen molar-refractivity contribution < 1.29 is 0 Å². The number of nitrogens with two attached hydrogens (primary N) is 1. The lowest BCUT2D eigenvalue weighted by molar-refractivity contribution is 0.240. The third kappa shape index (κ3) is 4.69. The highest BCUT2D eigenvalue weighted by molar-refractivity contribution is 5.49. The number of hydrogen-bond acceptors (Lipinski definition) is 2. The molecule has 0 heterocycles. The van der Waals surface area contributed by atoms with Crippen LogP contribution in [0.3, 0.4) is 0 Å². The van der Waals surface area contributed by atoms with Gasteiger partial charge in [-0.2, -0.15) is 0 Å². The summed E-state index contributed by atoms with van der Waals surface area (Å²) >= 11 is 0. The molecule has 2 nitrogen and oxygen atoms in total. The van der Waals surface area contributed by atoms with Gasteiger partial charge < -0.3 is 11.1 Å². The lowest BCUT2D eigenvalue weighted by Gasteiger charge is -2.33. The van der Waals surface area contributed by atoms with Crippen molar-refractivity contribution in [3.05, 3.63) is 29.3 Å². The zero-order valence-electron chi connectivity index (χ0n) is 12.7. The zero-order chi connectivity index (χ0) is 14.0. The van der Waals surface area contributed by atoms with Gasteiger partial charge in [0, 0.05) is 17.8 Å². The maximum Gasteiger partial charge on any atom is 0.0346 e. The third-order valence-electron chi connectivity index (χ3n) is 3.22. The molecule has 0 saturated heterocycles. The van der Waals surface area contributed by atoms with Crippen molar-refractivity contribution in [3.63, 3.8) is 0 Å². The molecule has 0 aliphatic rings. The summed E-state index contributed by atoms with van der Waals surface area (Å²) in [5.41, 5.74) is 9.76. The van der Waals surface area contributed by atoms with Gasteiger partial charge in [-0.1, -0.05) is 32.9 Å². The third-order valence-corrected chi connectivity index (χ3v) is 3.22. The van der Waals surface area contributed by atoms with Gasteiger partial charge in [0.15, 0.2) is 0 Å². The summed E-state index contributed by atoms with van der Waals surface area (Å²) in [5.74, 6) is 0. The van der Waals surface area contributed by atoms with Crippen molar-refractivity contribution in [2.24, 2.45) is 5.41 Å². The van der Waals surface area contributed by atoms with Crippen LogP contribution in [0, 0.1) is 12.3 Å². The molecular weight excluding hydrogens is 220 g/mol. The molecule has 0 aliphatic heterocycles. The molecular formula is C16H28N2. The van der Waals surface area contributed by atoms with E-state index in [0.29, 0.717) is 5.41 Å². The smallest absolute Gasteiger partial charge is 0.0346 e. The van der Waals surface area contributed by atoms with Crippen molar-refractivity contribution in [2.75, 3.05) is 5.73 Å². The summed E-state index contributed by atoms with van der Waals surface area (Å²) in [6, 6.07) is 6.13. The quantitative estimate of drug-likeness (QED) is 0.794. The maximum atomic E-state index is 5.93. The summed E-state index contributed by atoms with van der Waals surface area (Å²) in [6.07, 6.45) is 1.14. The molecule has 0 atom stereocenters. The van der Waals surface area contributed by atoms with Gasteiger partial charge >= 0.3 is 0 Å². The standard InChI is InChI=1S/C16H28N2/c1-12-13(8-7-9-14(12)17)10-18-16(5,6)11-15(2,3)4/h7-9,18H,10-11,17H2,1-6H3. The topological polar surface area (TPSA) is 38.0 Å². The Labute approximate surface area is 112 Å². The van der Waals surface area contributed by atoms with Crippen molar-refractivity contribution in [2.45, 2.75) is 60.0 Å². The van der Waals surface area contributed by atoms with Crippen molar-refractivity contribution in [3.8, 4) is 0 Å². The van der Waals surface area contributed by atoms with Gasteiger partial charge in [-0.15, -0.1) is 0 Å². The van der Waals surface area contributed by atoms with Gasteiger partial charge in [-0.05, 0) is 49.8 Å². The minimum absolute atomic E-state index is 0.134. The fourth-order valence-electron chi connectivity index (χ4n) is 2.62. The van der Waals surface area contributed by atoms with Crippen LogP contribution in [0.5, 0.6) is 0 Å². The molecule has 0 unspecified atom stereocenters. The number of benzene rings is 1. The van der Waals surface area contributed by atoms with Gasteiger partial charge in [0.25, 0.3) is 0 Å². The highest BCUT2D eigenvalue weighted by atomic mass is 15.0. The van der Waals surface area contributed by atoms with E-state index in [4.69, 9.17) is 5.73 Å². The van der Waals surface area contributed by atoms with Gasteiger partial charge in [0.05, 0.1) is 0 Å². The molecule has 1 aromatic rings. The molecule has 102 valence electrons. The summed E-state index contributed by atoms with van der Waals surface area (Å²) in [6.45, 7) is 14.3. The second-order valence-corrected chi connectivity index (χ2v) is 7.11. The Kier molecular flexibility index (Phi) is 4.44. The van der Waals surface area contributed by atoms with E-state index in [1.807, 2.05) is 12.1 Å². The molecule has 0 bridgehead atoms. The summed E-state index contributed by atoms with van der Waals surface area (Å²) < 4.78 is 0. The highest BCUT2D eigenvalue weighted by Gasteiger charge is 2.24. The predicted molar refractivity (Wildman–Crippen MR) is 80.6 cm³/mol. The Balaban J connectivity index is 2.67. The Hall–Kier alpha value is -1.02. The van der Waals surface area contributed by atoms with Crippen molar-refractivity contribution in [1.82, 2.24) is 5.32 Å². The van der Waals surface area contributed by atoms with E-state index >= 15 is 0 Å². The second kappa shape index (κ2) is 5.31. The molecule has 0 saturated carbocycles. The Morgan fingerprint density at radius 1 is 1.11 bits per heavy atom. The van der Waals surface area contributed by atoms with Crippen LogP contribution in [0.25, 0.3) is 0 Å². The van der Waals surface area contributed by atoms with E-state index in [-0.39, 0.29) is 5.54 Å². The molecule has 1 rings (SSSR count). The molecule has 0 fully saturated rings. The first kappa shape index (κ1) is 15.0. The van der Waals surface area contributed by atoms with Crippen LogP contribution in [0.15, 0.2) is 18.2 Å². The largest absolute Gasteiger partial charge is 0.399 e. The van der Waals surface area contributed by atoms with E-state index < -0.39 is 0 Å². The van der Waals surface area contributed by atoms with Gasteiger partial charge in [-0.3, -0.25) is 0 Å². The number of nitrogen functional groups attached to an aromatic ring is 1. The fourth-order valence-corrected chi connectivity index (χ4v) is 2.62. The fraction of sp³-hybridized carbons (Fsp3) is 0.625. The predicted octanol–water partition coefficient (Wildman–Crippen LogP) is 3.88. The molecule has 0 radical (unpaired) electrons. The summed E-state index contributed by atoms with van der Waals surface area (Å²) in [4.78, 5) is 0. The lowest BCUT2D eigenvalue weighted by Crippen LogP contribution is -2.42. The van der Waals surface area contributed by atoms with Crippen molar-refractivity contribution in [1.29, 1.82) is 0 Å². The Morgan fingerprint density at radius 3 is 2.28 bits per heavy atom. The lowest BCUT2D eigenvalue weighted by atomic mass is 9.81. The van der Waals surface area contributed by atoms with Crippen LogP contribution in [-0.4, -0.2) is 5.54 Å². The van der Waals surface area contributed by atoms with Gasteiger partial charge in [0.1, 0.15) is 0 Å².